The van der Waals surface area contributed by atoms with E-state index in [0.29, 0.717) is 11.1 Å². The molecule has 130 valence electrons. The minimum Gasteiger partial charge on any atom is -0.505 e. The van der Waals surface area contributed by atoms with E-state index in [-0.39, 0.29) is 26.6 Å². The van der Waals surface area contributed by atoms with Gasteiger partial charge in [0, 0.05) is 26.6 Å². The molecule has 0 amide bonds. The maximum absolute atomic E-state index is 13.7. The van der Waals surface area contributed by atoms with Gasteiger partial charge in [-0.1, -0.05) is 52.0 Å². The van der Waals surface area contributed by atoms with Crippen LogP contribution in [0.4, 0.5) is 4.39 Å². The van der Waals surface area contributed by atoms with Crippen LogP contribution in [-0.4, -0.2) is 18.2 Å². The predicted molar refractivity (Wildman–Crippen MR) is 87.5 cm³/mol. The molecule has 0 aliphatic rings. The minimum atomic E-state index is -0.709. The zero-order chi connectivity index (χ0) is 17.1. The summed E-state index contributed by atoms with van der Waals surface area (Å²) in [6, 6.07) is 10.7. The van der Waals surface area contributed by atoms with Gasteiger partial charge in [-0.15, -0.1) is 0 Å². The SMILES string of the molecule is CC.CC.COC(=O)c1cccc(-c2cccc(O)c2F)c1.[Pt]. The van der Waals surface area contributed by atoms with Gasteiger partial charge in [0.25, 0.3) is 0 Å². The van der Waals surface area contributed by atoms with Crippen LogP contribution in [0.3, 0.4) is 0 Å². The van der Waals surface area contributed by atoms with E-state index in [9.17, 15) is 14.3 Å². The van der Waals surface area contributed by atoms with Gasteiger partial charge in [-0.3, -0.25) is 0 Å². The summed E-state index contributed by atoms with van der Waals surface area (Å²) in [7, 11) is 1.28. The second kappa shape index (κ2) is 12.8. The summed E-state index contributed by atoms with van der Waals surface area (Å²) in [4.78, 5) is 11.4. The Morgan fingerprint density at radius 3 is 2.17 bits per heavy atom. The summed E-state index contributed by atoms with van der Waals surface area (Å²) >= 11 is 0. The molecule has 0 aromatic heterocycles. The van der Waals surface area contributed by atoms with E-state index in [2.05, 4.69) is 4.74 Å². The average molecular weight is 501 g/mol. The fourth-order valence-corrected chi connectivity index (χ4v) is 1.67. The number of hydrogen-bond donors (Lipinski definition) is 1. The number of carbonyl (C=O) groups is 1. The molecule has 0 aliphatic heterocycles. The standard InChI is InChI=1S/C14H11FO3.2C2H6.Pt/c1-18-14(17)10-5-2-4-9(8-10)11-6-3-7-12(16)13(11)15;2*1-2;/h2-8,16H,1H3;2*1-2H3;. The van der Waals surface area contributed by atoms with Crippen molar-refractivity contribution in [1.82, 2.24) is 0 Å². The summed E-state index contributed by atoms with van der Waals surface area (Å²) < 4.78 is 18.3. The number of hydrogen-bond acceptors (Lipinski definition) is 3. The van der Waals surface area contributed by atoms with Gasteiger partial charge < -0.3 is 9.84 Å². The van der Waals surface area contributed by atoms with Crippen LogP contribution in [0.5, 0.6) is 5.75 Å². The number of benzene rings is 2. The Bertz CT molecular complexity index is 601. The van der Waals surface area contributed by atoms with Crippen molar-refractivity contribution in [2.24, 2.45) is 0 Å². The summed E-state index contributed by atoms with van der Waals surface area (Å²) in [5.41, 5.74) is 1.07. The van der Waals surface area contributed by atoms with E-state index >= 15 is 0 Å². The van der Waals surface area contributed by atoms with Crippen molar-refractivity contribution in [2.75, 3.05) is 7.11 Å². The van der Waals surface area contributed by atoms with Crippen LogP contribution in [0.1, 0.15) is 38.1 Å². The Morgan fingerprint density at radius 1 is 1.04 bits per heavy atom. The Kier molecular flexibility index (Phi) is 13.2. The summed E-state index contributed by atoms with van der Waals surface area (Å²) in [5.74, 6) is -1.62. The molecule has 0 atom stereocenters. The third kappa shape index (κ3) is 6.53. The second-order valence-corrected chi connectivity index (χ2v) is 3.71. The number of methoxy groups -OCH3 is 1. The van der Waals surface area contributed by atoms with Crippen LogP contribution in [-0.2, 0) is 25.8 Å². The van der Waals surface area contributed by atoms with Crippen LogP contribution in [0, 0.1) is 5.82 Å². The first-order chi connectivity index (χ1) is 10.6. The zero-order valence-corrected chi connectivity index (χ0v) is 16.3. The molecule has 0 heterocycles. The van der Waals surface area contributed by atoms with E-state index in [4.69, 9.17) is 0 Å². The molecule has 2 aromatic rings. The van der Waals surface area contributed by atoms with Crippen LogP contribution in [0.15, 0.2) is 42.5 Å². The van der Waals surface area contributed by atoms with Crippen molar-refractivity contribution in [2.45, 2.75) is 27.7 Å². The largest absolute Gasteiger partial charge is 0.505 e. The summed E-state index contributed by atoms with van der Waals surface area (Å²) in [6.07, 6.45) is 0. The van der Waals surface area contributed by atoms with E-state index in [0.717, 1.165) is 0 Å². The van der Waals surface area contributed by atoms with Gasteiger partial charge in [-0.05, 0) is 23.8 Å². The molecule has 1 N–H and O–H groups in total. The molecule has 0 saturated heterocycles. The van der Waals surface area contributed by atoms with Gasteiger partial charge >= 0.3 is 5.97 Å². The number of rotatable bonds is 2. The van der Waals surface area contributed by atoms with Crippen LogP contribution in [0.2, 0.25) is 0 Å². The normalized spacial score (nSPS) is 8.43. The number of ether oxygens (including phenoxy) is 1. The second-order valence-electron chi connectivity index (χ2n) is 3.71. The number of aromatic hydroxyl groups is 1. The maximum atomic E-state index is 13.7. The Morgan fingerprint density at radius 2 is 1.61 bits per heavy atom. The molecule has 0 saturated carbocycles. The fourth-order valence-electron chi connectivity index (χ4n) is 1.67. The Balaban J connectivity index is 0. The smallest absolute Gasteiger partial charge is 0.337 e. The van der Waals surface area contributed by atoms with Gasteiger partial charge in [-0.25, -0.2) is 9.18 Å². The number of phenols is 1. The van der Waals surface area contributed by atoms with Crippen molar-refractivity contribution in [3.63, 3.8) is 0 Å². The molecule has 0 bridgehead atoms. The molecule has 0 unspecified atom stereocenters. The molecule has 23 heavy (non-hydrogen) atoms. The molecule has 3 nitrogen and oxygen atoms in total. The quantitative estimate of drug-likeness (QED) is 0.587. The van der Waals surface area contributed by atoms with Gasteiger partial charge in [0.2, 0.25) is 0 Å². The average Bonchev–Trinajstić information content (AvgIpc) is 2.60. The number of halogens is 1. The summed E-state index contributed by atoms with van der Waals surface area (Å²) in [5, 5.41) is 9.32. The van der Waals surface area contributed by atoms with Gasteiger partial charge in [0.05, 0.1) is 12.7 Å². The van der Waals surface area contributed by atoms with Crippen molar-refractivity contribution in [1.29, 1.82) is 0 Å². The van der Waals surface area contributed by atoms with E-state index in [1.54, 1.807) is 24.3 Å². The molecular weight excluding hydrogens is 478 g/mol. The molecule has 0 aliphatic carbocycles. The van der Waals surface area contributed by atoms with E-state index in [1.165, 1.54) is 25.3 Å². The monoisotopic (exact) mass is 501 g/mol. The van der Waals surface area contributed by atoms with Gasteiger partial charge in [-0.2, -0.15) is 0 Å². The van der Waals surface area contributed by atoms with Crippen molar-refractivity contribution in [3.8, 4) is 16.9 Å². The van der Waals surface area contributed by atoms with Crippen molar-refractivity contribution in [3.05, 3.63) is 53.8 Å². The number of esters is 1. The molecule has 0 radical (unpaired) electrons. The van der Waals surface area contributed by atoms with Gasteiger partial charge in [0.15, 0.2) is 11.6 Å². The predicted octanol–water partition coefficient (Wildman–Crippen LogP) is 5.03. The summed E-state index contributed by atoms with van der Waals surface area (Å²) in [6.45, 7) is 8.00. The molecule has 0 fully saturated rings. The first-order valence-electron chi connectivity index (χ1n) is 7.29. The van der Waals surface area contributed by atoms with Crippen LogP contribution in [0.25, 0.3) is 11.1 Å². The number of carbonyl (C=O) groups excluding carboxylic acids is 1. The maximum Gasteiger partial charge on any atom is 0.337 e. The van der Waals surface area contributed by atoms with Crippen LogP contribution >= 0.6 is 0 Å². The molecule has 2 aromatic carbocycles. The third-order valence-electron chi connectivity index (χ3n) is 2.57. The van der Waals surface area contributed by atoms with Gasteiger partial charge in [0.1, 0.15) is 0 Å². The molecule has 5 heteroatoms. The minimum absolute atomic E-state index is 0. The molecular formula is C18H23FO3Pt. The molecule has 2 rings (SSSR count). The Hall–Kier alpha value is -1.67. The molecule has 0 spiro atoms. The van der Waals surface area contributed by atoms with Crippen LogP contribution < -0.4 is 0 Å². The first-order valence-corrected chi connectivity index (χ1v) is 7.29. The zero-order valence-electron chi connectivity index (χ0n) is 14.0. The first kappa shape index (κ1) is 23.6. The van der Waals surface area contributed by atoms with Crippen molar-refractivity contribution >= 4 is 5.97 Å². The number of phenolic OH excluding ortho intramolecular Hbond substituents is 1. The third-order valence-corrected chi connectivity index (χ3v) is 2.57. The van der Waals surface area contributed by atoms with Crippen molar-refractivity contribution < 1.29 is 40.1 Å². The van der Waals surface area contributed by atoms with E-state index in [1.807, 2.05) is 27.7 Å². The topological polar surface area (TPSA) is 46.5 Å². The fraction of sp³-hybridized carbons (Fsp3) is 0.278. The Labute approximate surface area is 151 Å². The van der Waals surface area contributed by atoms with E-state index < -0.39 is 17.5 Å².